The number of Topliss-reactive ketones (excluding diaryl/α,β-unsaturated/α-hetero) is 1. The molecular formula is C20H22ClFN2O3. The number of nitrogens with two attached hydrogens (primary N) is 1. The first kappa shape index (κ1) is 18.4. The van der Waals surface area contributed by atoms with Gasteiger partial charge < -0.3 is 15.7 Å². The fraction of sp³-hybridized carbons (Fsp3) is 0.500. The lowest BCUT2D eigenvalue weighted by atomic mass is 9.80. The number of allylic oxidation sites excluding steroid dienone is 1. The number of anilines is 1. The molecule has 3 aliphatic rings. The molecule has 2 atom stereocenters. The fourth-order valence-electron chi connectivity index (χ4n) is 4.28. The first-order valence-electron chi connectivity index (χ1n) is 9.40. The summed E-state index contributed by atoms with van der Waals surface area (Å²) >= 11 is 6.67. The molecule has 3 N–H and O–H groups in total. The minimum atomic E-state index is -1.28. The van der Waals surface area contributed by atoms with Gasteiger partial charge in [-0.05, 0) is 43.2 Å². The smallest absolute Gasteiger partial charge is 0.339 e. The number of hydrogen-bond donors (Lipinski definition) is 2. The maximum atomic E-state index is 15.0. The molecule has 2 fully saturated rings. The van der Waals surface area contributed by atoms with Crippen LogP contribution in [0.4, 0.5) is 10.1 Å². The van der Waals surface area contributed by atoms with Gasteiger partial charge in [-0.1, -0.05) is 24.1 Å². The van der Waals surface area contributed by atoms with Crippen molar-refractivity contribution >= 4 is 29.0 Å². The number of fused-ring (bicyclic) bond motifs is 1. The number of carbonyl (C=O) groups excluding carboxylic acids is 1. The van der Waals surface area contributed by atoms with Crippen LogP contribution in [-0.2, 0) is 4.79 Å². The average Bonchev–Trinajstić information content (AvgIpc) is 3.44. The van der Waals surface area contributed by atoms with E-state index in [1.165, 1.54) is 12.1 Å². The Morgan fingerprint density at radius 2 is 2.04 bits per heavy atom. The van der Waals surface area contributed by atoms with Gasteiger partial charge in [0.05, 0.1) is 10.7 Å². The van der Waals surface area contributed by atoms with E-state index in [9.17, 15) is 14.7 Å². The van der Waals surface area contributed by atoms with E-state index >= 15 is 4.39 Å². The number of ketones is 1. The Hall–Kier alpha value is -1.92. The maximum absolute atomic E-state index is 15.0. The highest BCUT2D eigenvalue weighted by atomic mass is 35.5. The van der Waals surface area contributed by atoms with Crippen LogP contribution in [0.5, 0.6) is 0 Å². The summed E-state index contributed by atoms with van der Waals surface area (Å²) in [4.78, 5) is 26.0. The number of carboxylic acids is 1. The number of hydrogen-bond acceptors (Lipinski definition) is 4. The van der Waals surface area contributed by atoms with Crippen molar-refractivity contribution < 1.29 is 19.1 Å². The summed E-state index contributed by atoms with van der Waals surface area (Å²) in [5.41, 5.74) is 6.77. The Morgan fingerprint density at radius 1 is 1.30 bits per heavy atom. The maximum Gasteiger partial charge on any atom is 0.339 e. The number of nitrogens with zero attached hydrogens (tertiary/aromatic N) is 1. The van der Waals surface area contributed by atoms with E-state index in [1.54, 1.807) is 0 Å². The van der Waals surface area contributed by atoms with Crippen LogP contribution in [0.25, 0.3) is 0 Å². The molecule has 0 amide bonds. The predicted molar refractivity (Wildman–Crippen MR) is 101 cm³/mol. The molecule has 1 heterocycles. The molecule has 1 saturated heterocycles. The van der Waals surface area contributed by atoms with Crippen LogP contribution in [0.15, 0.2) is 17.7 Å². The van der Waals surface area contributed by atoms with Crippen molar-refractivity contribution in [2.45, 2.75) is 44.1 Å². The average molecular weight is 393 g/mol. The molecule has 0 spiro atoms. The predicted octanol–water partition coefficient (Wildman–Crippen LogP) is 3.50. The van der Waals surface area contributed by atoms with Gasteiger partial charge in [0.25, 0.3) is 0 Å². The normalized spacial score (nSPS) is 25.7. The summed E-state index contributed by atoms with van der Waals surface area (Å²) in [6.07, 6.45) is 6.16. The van der Waals surface area contributed by atoms with Gasteiger partial charge in [-0.2, -0.15) is 0 Å². The Morgan fingerprint density at radius 3 is 2.70 bits per heavy atom. The second-order valence-corrected chi connectivity index (χ2v) is 8.14. The third-order valence-electron chi connectivity index (χ3n) is 5.78. The van der Waals surface area contributed by atoms with Gasteiger partial charge in [0.15, 0.2) is 5.78 Å². The van der Waals surface area contributed by atoms with Gasteiger partial charge in [0, 0.05) is 30.6 Å². The lowest BCUT2D eigenvalue weighted by Crippen LogP contribution is -2.37. The van der Waals surface area contributed by atoms with Crippen molar-refractivity contribution in [3.8, 4) is 0 Å². The van der Waals surface area contributed by atoms with Crippen LogP contribution in [0.2, 0.25) is 5.02 Å². The van der Waals surface area contributed by atoms with E-state index in [-0.39, 0.29) is 34.0 Å². The van der Waals surface area contributed by atoms with Crippen LogP contribution in [-0.4, -0.2) is 36.0 Å². The molecule has 144 valence electrons. The van der Waals surface area contributed by atoms with Gasteiger partial charge >= 0.3 is 5.97 Å². The SMILES string of the molecule is N[C@@H]1CCCCN(c2c(F)cc3c(c2Cl)C(C2CC2)C=C(C(=O)O)C3=O)C1. The third-order valence-corrected chi connectivity index (χ3v) is 6.17. The molecule has 1 aromatic carbocycles. The fourth-order valence-corrected chi connectivity index (χ4v) is 4.72. The summed E-state index contributed by atoms with van der Waals surface area (Å²) in [5.74, 6) is -2.57. The molecule has 0 radical (unpaired) electrons. The molecule has 0 aromatic heterocycles. The zero-order chi connectivity index (χ0) is 19.3. The van der Waals surface area contributed by atoms with E-state index in [2.05, 4.69) is 0 Å². The van der Waals surface area contributed by atoms with E-state index < -0.39 is 17.6 Å². The van der Waals surface area contributed by atoms with Crippen molar-refractivity contribution in [1.82, 2.24) is 0 Å². The second kappa shape index (κ2) is 6.91. The van der Waals surface area contributed by atoms with Crippen molar-refractivity contribution in [1.29, 1.82) is 0 Å². The highest BCUT2D eigenvalue weighted by Gasteiger charge is 2.41. The van der Waals surface area contributed by atoms with Gasteiger partial charge in [-0.15, -0.1) is 0 Å². The lowest BCUT2D eigenvalue weighted by Gasteiger charge is -2.31. The monoisotopic (exact) mass is 392 g/mol. The second-order valence-electron chi connectivity index (χ2n) is 7.76. The van der Waals surface area contributed by atoms with Crippen molar-refractivity contribution in [3.63, 3.8) is 0 Å². The zero-order valence-corrected chi connectivity index (χ0v) is 15.6. The number of benzene rings is 1. The molecule has 5 nitrogen and oxygen atoms in total. The third kappa shape index (κ3) is 3.25. The van der Waals surface area contributed by atoms with E-state index in [4.69, 9.17) is 17.3 Å². The molecule has 4 rings (SSSR count). The Labute approximate surface area is 162 Å². The number of carboxylic acid groups (broad SMARTS) is 1. The van der Waals surface area contributed by atoms with Crippen LogP contribution in [0.1, 0.15) is 53.9 Å². The summed E-state index contributed by atoms with van der Waals surface area (Å²) < 4.78 is 15.0. The van der Waals surface area contributed by atoms with Crippen LogP contribution in [0.3, 0.4) is 0 Å². The highest BCUT2D eigenvalue weighted by molar-refractivity contribution is 6.36. The van der Waals surface area contributed by atoms with E-state index in [1.807, 2.05) is 4.90 Å². The first-order chi connectivity index (χ1) is 12.9. The molecule has 1 aromatic rings. The minimum Gasteiger partial charge on any atom is -0.478 e. The molecule has 7 heteroatoms. The minimum absolute atomic E-state index is 0.0571. The largest absolute Gasteiger partial charge is 0.478 e. The summed E-state index contributed by atoms with van der Waals surface area (Å²) in [6, 6.07) is 1.11. The standard InChI is InChI=1S/C20H22ClFN2O3/c21-17-16-12(10-4-5-10)7-14(20(26)27)19(25)13(16)8-15(22)18(17)24-6-2-1-3-11(23)9-24/h7-8,10-12H,1-6,9,23H2,(H,26,27)/t11-,12?/m1/s1. The lowest BCUT2D eigenvalue weighted by molar-refractivity contribution is -0.132. The van der Waals surface area contributed by atoms with E-state index in [0.717, 1.165) is 32.1 Å². The molecule has 2 aliphatic carbocycles. The molecule has 27 heavy (non-hydrogen) atoms. The summed E-state index contributed by atoms with van der Waals surface area (Å²) in [7, 11) is 0. The van der Waals surface area contributed by atoms with Crippen molar-refractivity contribution in [2.75, 3.05) is 18.0 Å². The molecule has 1 aliphatic heterocycles. The van der Waals surface area contributed by atoms with Gasteiger partial charge in [-0.3, -0.25) is 4.79 Å². The molecular weight excluding hydrogens is 371 g/mol. The van der Waals surface area contributed by atoms with E-state index in [0.29, 0.717) is 24.3 Å². The number of aliphatic carboxylic acids is 1. The van der Waals surface area contributed by atoms with Gasteiger partial charge in [0.2, 0.25) is 0 Å². The van der Waals surface area contributed by atoms with Gasteiger partial charge in [-0.25, -0.2) is 9.18 Å². The topological polar surface area (TPSA) is 83.6 Å². The van der Waals surface area contributed by atoms with Crippen LogP contribution in [0, 0.1) is 11.7 Å². The highest BCUT2D eigenvalue weighted by Crippen LogP contribution is 2.51. The number of rotatable bonds is 3. The van der Waals surface area contributed by atoms with Crippen molar-refractivity contribution in [3.05, 3.63) is 39.7 Å². The van der Waals surface area contributed by atoms with Crippen LogP contribution < -0.4 is 10.6 Å². The molecule has 1 saturated carbocycles. The number of carbonyl (C=O) groups is 2. The first-order valence-corrected chi connectivity index (χ1v) is 9.78. The quantitative estimate of drug-likeness (QED) is 0.769. The van der Waals surface area contributed by atoms with Gasteiger partial charge in [0.1, 0.15) is 11.4 Å². The van der Waals surface area contributed by atoms with Crippen LogP contribution >= 0.6 is 11.6 Å². The Kier molecular flexibility index (Phi) is 4.72. The van der Waals surface area contributed by atoms with Crippen molar-refractivity contribution in [2.24, 2.45) is 11.7 Å². The summed E-state index contributed by atoms with van der Waals surface area (Å²) in [6.45, 7) is 1.16. The zero-order valence-electron chi connectivity index (χ0n) is 14.9. The molecule has 1 unspecified atom stereocenters. The summed E-state index contributed by atoms with van der Waals surface area (Å²) in [5, 5.41) is 9.60. The Balaban J connectivity index is 1.85. The molecule has 0 bridgehead atoms. The Bertz CT molecular complexity index is 850. The number of halogens is 2.